The van der Waals surface area contributed by atoms with Gasteiger partial charge in [0, 0.05) is 12.6 Å². The lowest BCUT2D eigenvalue weighted by molar-refractivity contribution is 0.171. The van der Waals surface area contributed by atoms with E-state index in [2.05, 4.69) is 43.4 Å². The minimum Gasteiger partial charge on any atom is -0.387 e. The molecule has 0 amide bonds. The molecule has 2 N–H and O–H groups in total. The van der Waals surface area contributed by atoms with Gasteiger partial charge in [-0.2, -0.15) is 0 Å². The van der Waals surface area contributed by atoms with Gasteiger partial charge in [-0.25, -0.2) is 0 Å². The van der Waals surface area contributed by atoms with Gasteiger partial charge in [0.2, 0.25) is 0 Å². The van der Waals surface area contributed by atoms with Crippen molar-refractivity contribution in [3.8, 4) is 0 Å². The second kappa shape index (κ2) is 6.39. The molecule has 1 atom stereocenters. The quantitative estimate of drug-likeness (QED) is 0.848. The average molecular weight is 256 g/mol. The fourth-order valence-corrected chi connectivity index (χ4v) is 1.87. The van der Waals surface area contributed by atoms with Gasteiger partial charge in [-0.3, -0.25) is 0 Å². The minimum atomic E-state index is -0.393. The number of rotatable bonds is 5. The van der Waals surface area contributed by atoms with Crippen molar-refractivity contribution in [3.05, 3.63) is 35.4 Å². The van der Waals surface area contributed by atoms with Crippen molar-refractivity contribution >= 4 is 12.4 Å². The zero-order valence-corrected chi connectivity index (χ0v) is 11.3. The van der Waals surface area contributed by atoms with Crippen LogP contribution in [0.4, 0.5) is 0 Å². The third kappa shape index (κ3) is 4.30. The van der Waals surface area contributed by atoms with E-state index in [0.717, 1.165) is 11.5 Å². The highest BCUT2D eigenvalue weighted by Gasteiger charge is 2.23. The van der Waals surface area contributed by atoms with Crippen molar-refractivity contribution < 1.29 is 5.11 Å². The van der Waals surface area contributed by atoms with Crippen LogP contribution in [-0.2, 0) is 0 Å². The molecule has 1 fully saturated rings. The lowest BCUT2D eigenvalue weighted by Crippen LogP contribution is -2.27. The summed E-state index contributed by atoms with van der Waals surface area (Å²) >= 11 is 0. The summed E-state index contributed by atoms with van der Waals surface area (Å²) in [6.45, 7) is 4.80. The van der Waals surface area contributed by atoms with Crippen molar-refractivity contribution in [2.75, 3.05) is 6.54 Å². The van der Waals surface area contributed by atoms with Crippen LogP contribution in [0.5, 0.6) is 0 Å². The number of aliphatic hydroxyl groups excluding tert-OH is 1. The largest absolute Gasteiger partial charge is 0.387 e. The number of aliphatic hydroxyl groups is 1. The van der Waals surface area contributed by atoms with Gasteiger partial charge in [0.1, 0.15) is 0 Å². The number of hydrogen-bond acceptors (Lipinski definition) is 2. The van der Waals surface area contributed by atoms with Gasteiger partial charge in [-0.05, 0) is 29.9 Å². The van der Waals surface area contributed by atoms with Crippen LogP contribution in [0.1, 0.15) is 49.8 Å². The first kappa shape index (κ1) is 14.5. The van der Waals surface area contributed by atoms with E-state index in [1.54, 1.807) is 0 Å². The van der Waals surface area contributed by atoms with Crippen LogP contribution in [0.25, 0.3) is 0 Å². The highest BCUT2D eigenvalue weighted by Crippen LogP contribution is 2.40. The number of benzene rings is 1. The first-order valence-electron chi connectivity index (χ1n) is 6.18. The van der Waals surface area contributed by atoms with Crippen molar-refractivity contribution in [2.24, 2.45) is 0 Å². The molecule has 0 radical (unpaired) electrons. The van der Waals surface area contributed by atoms with Crippen LogP contribution in [0.3, 0.4) is 0 Å². The number of halogens is 1. The molecule has 0 spiro atoms. The molecule has 0 heterocycles. The maximum absolute atomic E-state index is 9.95. The molecule has 0 aromatic heterocycles. The molecule has 1 aliphatic carbocycles. The third-order valence-electron chi connectivity index (χ3n) is 3.09. The Hall–Kier alpha value is -0.570. The Labute approximate surface area is 110 Å². The lowest BCUT2D eigenvalue weighted by atomic mass is 10.0. The van der Waals surface area contributed by atoms with Gasteiger partial charge in [-0.15, -0.1) is 12.4 Å². The molecular formula is C14H22ClNO. The van der Waals surface area contributed by atoms with Crippen LogP contribution in [-0.4, -0.2) is 17.7 Å². The number of nitrogens with one attached hydrogen (secondary N) is 1. The Morgan fingerprint density at radius 1 is 1.24 bits per heavy atom. The van der Waals surface area contributed by atoms with Crippen molar-refractivity contribution in [2.45, 2.75) is 44.8 Å². The summed E-state index contributed by atoms with van der Waals surface area (Å²) in [4.78, 5) is 0. The van der Waals surface area contributed by atoms with E-state index in [0.29, 0.717) is 12.6 Å². The zero-order chi connectivity index (χ0) is 11.5. The van der Waals surface area contributed by atoms with E-state index in [1.807, 2.05) is 0 Å². The van der Waals surface area contributed by atoms with Crippen LogP contribution < -0.4 is 5.32 Å². The fourth-order valence-electron chi connectivity index (χ4n) is 1.87. The van der Waals surface area contributed by atoms with Crippen molar-refractivity contribution in [1.29, 1.82) is 0 Å². The molecule has 0 bridgehead atoms. The first-order valence-corrected chi connectivity index (χ1v) is 6.18. The summed E-state index contributed by atoms with van der Waals surface area (Å²) in [6, 6.07) is 8.85. The van der Waals surface area contributed by atoms with Gasteiger partial charge >= 0.3 is 0 Å². The first-order chi connectivity index (χ1) is 7.66. The van der Waals surface area contributed by atoms with Gasteiger partial charge in [-0.1, -0.05) is 38.1 Å². The average Bonchev–Trinajstić information content (AvgIpc) is 3.10. The van der Waals surface area contributed by atoms with Crippen LogP contribution in [0.2, 0.25) is 0 Å². The summed E-state index contributed by atoms with van der Waals surface area (Å²) in [5, 5.41) is 13.2. The number of hydrogen-bond donors (Lipinski definition) is 2. The molecule has 1 aromatic carbocycles. The third-order valence-corrected chi connectivity index (χ3v) is 3.09. The highest BCUT2D eigenvalue weighted by atomic mass is 35.5. The molecule has 1 unspecified atom stereocenters. The Balaban J connectivity index is 0.00000144. The van der Waals surface area contributed by atoms with E-state index < -0.39 is 6.10 Å². The SMILES string of the molecule is CC(C)NCC(O)c1ccc(C2CC2)cc1.Cl. The van der Waals surface area contributed by atoms with Crippen molar-refractivity contribution in [3.63, 3.8) is 0 Å². The van der Waals surface area contributed by atoms with Crippen LogP contribution in [0.15, 0.2) is 24.3 Å². The zero-order valence-electron chi connectivity index (χ0n) is 10.5. The summed E-state index contributed by atoms with van der Waals surface area (Å²) in [7, 11) is 0. The molecule has 1 aromatic rings. The standard InChI is InChI=1S/C14H21NO.ClH/c1-10(2)15-9-14(16)13-7-5-12(6-8-13)11-3-4-11;/h5-8,10-11,14-16H,3-4,9H2,1-2H3;1H. The molecular weight excluding hydrogens is 234 g/mol. The maximum Gasteiger partial charge on any atom is 0.0914 e. The van der Waals surface area contributed by atoms with Crippen LogP contribution in [0, 0.1) is 0 Å². The molecule has 2 rings (SSSR count). The van der Waals surface area contributed by atoms with Gasteiger partial charge in [0.15, 0.2) is 0 Å². The van der Waals surface area contributed by atoms with Crippen molar-refractivity contribution in [1.82, 2.24) is 5.32 Å². The Morgan fingerprint density at radius 2 is 1.82 bits per heavy atom. The van der Waals surface area contributed by atoms with E-state index in [9.17, 15) is 5.11 Å². The predicted molar refractivity (Wildman–Crippen MR) is 73.8 cm³/mol. The monoisotopic (exact) mass is 255 g/mol. The summed E-state index contributed by atoms with van der Waals surface area (Å²) in [6.07, 6.45) is 2.27. The Morgan fingerprint density at radius 3 is 2.29 bits per heavy atom. The fraction of sp³-hybridized carbons (Fsp3) is 0.571. The summed E-state index contributed by atoms with van der Waals surface area (Å²) < 4.78 is 0. The molecule has 1 saturated carbocycles. The molecule has 0 saturated heterocycles. The summed E-state index contributed by atoms with van der Waals surface area (Å²) in [5.74, 6) is 0.792. The van der Waals surface area contributed by atoms with Gasteiger partial charge < -0.3 is 10.4 Å². The molecule has 17 heavy (non-hydrogen) atoms. The van der Waals surface area contributed by atoms with E-state index in [-0.39, 0.29) is 12.4 Å². The predicted octanol–water partition coefficient (Wildman–Crippen LogP) is 3.02. The molecule has 3 heteroatoms. The van der Waals surface area contributed by atoms with E-state index >= 15 is 0 Å². The molecule has 96 valence electrons. The minimum absolute atomic E-state index is 0. The summed E-state index contributed by atoms with van der Waals surface area (Å²) in [5.41, 5.74) is 2.44. The Bertz CT molecular complexity index is 333. The molecule has 0 aliphatic heterocycles. The second-order valence-electron chi connectivity index (χ2n) is 5.02. The maximum atomic E-state index is 9.95. The van der Waals surface area contributed by atoms with E-state index in [1.165, 1.54) is 18.4 Å². The van der Waals surface area contributed by atoms with Gasteiger partial charge in [0.05, 0.1) is 6.10 Å². The second-order valence-corrected chi connectivity index (χ2v) is 5.02. The lowest BCUT2D eigenvalue weighted by Gasteiger charge is -2.14. The molecule has 1 aliphatic rings. The van der Waals surface area contributed by atoms with E-state index in [4.69, 9.17) is 0 Å². The smallest absolute Gasteiger partial charge is 0.0914 e. The topological polar surface area (TPSA) is 32.3 Å². The highest BCUT2D eigenvalue weighted by molar-refractivity contribution is 5.85. The van der Waals surface area contributed by atoms with Crippen LogP contribution >= 0.6 is 12.4 Å². The normalized spacial score (nSPS) is 16.7. The Kier molecular flexibility index (Phi) is 5.44. The van der Waals surface area contributed by atoms with Gasteiger partial charge in [0.25, 0.3) is 0 Å². The molecule has 2 nitrogen and oxygen atoms in total.